The van der Waals surface area contributed by atoms with E-state index >= 15 is 0 Å². The first-order valence-electron chi connectivity index (χ1n) is 17.2. The maximum absolute atomic E-state index is 4.73. The number of pyridine rings is 1. The summed E-state index contributed by atoms with van der Waals surface area (Å²) in [5, 5.41) is 13.0. The van der Waals surface area contributed by atoms with Gasteiger partial charge in [0.1, 0.15) is 0 Å². The van der Waals surface area contributed by atoms with Gasteiger partial charge in [-0.25, -0.2) is 0 Å². The van der Waals surface area contributed by atoms with Gasteiger partial charge in [0, 0.05) is 28.2 Å². The van der Waals surface area contributed by atoms with E-state index in [9.17, 15) is 0 Å². The summed E-state index contributed by atoms with van der Waals surface area (Å²) in [5.41, 5.74) is 15.0. The highest BCUT2D eigenvalue weighted by Gasteiger charge is 2.57. The van der Waals surface area contributed by atoms with Crippen LogP contribution in [0.3, 0.4) is 0 Å². The molecule has 0 aliphatic heterocycles. The molecule has 2 heterocycles. The SMILES string of the molecule is Cc1ccc(-c2nnc3c4ccccc4c4cc(C5=CC6C(C=C5)c5ccccc5C65c6ccccc6-c6ccccc65)ccc4n23)cc1. The van der Waals surface area contributed by atoms with Crippen LogP contribution in [0.25, 0.3) is 55.4 Å². The third kappa shape index (κ3) is 3.47. The molecule has 0 N–H and O–H groups in total. The molecule has 49 heavy (non-hydrogen) atoms. The zero-order valence-electron chi connectivity index (χ0n) is 27.0. The molecule has 0 saturated heterocycles. The van der Waals surface area contributed by atoms with E-state index < -0.39 is 0 Å². The van der Waals surface area contributed by atoms with Gasteiger partial charge in [-0.2, -0.15) is 0 Å². The fourth-order valence-electron chi connectivity index (χ4n) is 9.42. The highest BCUT2D eigenvalue weighted by Crippen LogP contribution is 2.65. The van der Waals surface area contributed by atoms with Crippen LogP contribution in [0.15, 0.2) is 158 Å². The van der Waals surface area contributed by atoms with Crippen molar-refractivity contribution in [3.63, 3.8) is 0 Å². The highest BCUT2D eigenvalue weighted by atomic mass is 15.2. The maximum atomic E-state index is 4.73. The van der Waals surface area contributed by atoms with Gasteiger partial charge in [0.05, 0.1) is 10.9 Å². The van der Waals surface area contributed by atoms with E-state index in [1.807, 2.05) is 0 Å². The van der Waals surface area contributed by atoms with Crippen LogP contribution < -0.4 is 0 Å². The van der Waals surface area contributed by atoms with Crippen molar-refractivity contribution in [3.8, 4) is 22.5 Å². The Labute approximate surface area is 284 Å². The van der Waals surface area contributed by atoms with Crippen molar-refractivity contribution >= 4 is 32.9 Å². The van der Waals surface area contributed by atoms with Crippen LogP contribution in [0.2, 0.25) is 0 Å². The lowest BCUT2D eigenvalue weighted by Gasteiger charge is -2.37. The molecule has 2 atom stereocenters. The molecule has 2 unspecified atom stereocenters. The monoisotopic (exact) mass is 625 g/mol. The number of aromatic nitrogens is 3. The van der Waals surface area contributed by atoms with E-state index in [1.54, 1.807) is 0 Å². The molecule has 3 nitrogen and oxygen atoms in total. The van der Waals surface area contributed by atoms with Gasteiger partial charge in [0.25, 0.3) is 0 Å². The minimum Gasteiger partial charge on any atom is -0.274 e. The van der Waals surface area contributed by atoms with E-state index in [4.69, 9.17) is 10.2 Å². The molecule has 0 radical (unpaired) electrons. The fourth-order valence-corrected chi connectivity index (χ4v) is 9.42. The molecule has 2 aromatic heterocycles. The molecule has 0 bridgehead atoms. The molecule has 8 aromatic rings. The van der Waals surface area contributed by atoms with Gasteiger partial charge in [-0.05, 0) is 69.0 Å². The second-order valence-electron chi connectivity index (χ2n) is 13.8. The molecule has 0 saturated carbocycles. The number of benzene rings is 6. The Kier molecular flexibility index (Phi) is 5.36. The quantitative estimate of drug-likeness (QED) is 0.179. The number of hydrogen-bond donors (Lipinski definition) is 0. The number of rotatable bonds is 2. The van der Waals surface area contributed by atoms with E-state index in [0.717, 1.165) is 27.9 Å². The summed E-state index contributed by atoms with van der Waals surface area (Å²) in [6, 6.07) is 51.5. The van der Waals surface area contributed by atoms with Crippen molar-refractivity contribution < 1.29 is 0 Å². The molecule has 230 valence electrons. The average molecular weight is 626 g/mol. The van der Waals surface area contributed by atoms with Crippen molar-refractivity contribution in [3.05, 3.63) is 191 Å². The molecule has 3 aliphatic rings. The van der Waals surface area contributed by atoms with E-state index in [-0.39, 0.29) is 11.3 Å². The highest BCUT2D eigenvalue weighted by molar-refractivity contribution is 6.13. The number of hydrogen-bond acceptors (Lipinski definition) is 2. The van der Waals surface area contributed by atoms with E-state index in [1.165, 1.54) is 60.9 Å². The first kappa shape index (κ1) is 26.9. The largest absolute Gasteiger partial charge is 0.274 e. The summed E-state index contributed by atoms with van der Waals surface area (Å²) >= 11 is 0. The van der Waals surface area contributed by atoms with Crippen molar-refractivity contribution in [1.82, 2.24) is 14.6 Å². The standard InChI is InChI=1S/C46H31N3/c1-28-18-20-29(21-19-28)44-47-48-45-37-14-3-2-10-32(37)38-26-30(23-25-43(38)49(44)45)31-22-24-36-35-13-6-9-17-41(35)46(42(36)27-31)39-15-7-4-11-33(39)34-12-5-8-16-40(34)46/h2-27,36,42H,1H3. The third-order valence-electron chi connectivity index (χ3n) is 11.5. The maximum Gasteiger partial charge on any atom is 0.169 e. The van der Waals surface area contributed by atoms with Crippen LogP contribution in [0, 0.1) is 12.8 Å². The minimum absolute atomic E-state index is 0.244. The first-order valence-corrected chi connectivity index (χ1v) is 17.2. The molecule has 11 rings (SSSR count). The Balaban J connectivity index is 1.15. The van der Waals surface area contributed by atoms with Crippen LogP contribution in [-0.2, 0) is 5.41 Å². The Morgan fingerprint density at radius 2 is 1.24 bits per heavy atom. The summed E-state index contributed by atoms with van der Waals surface area (Å²) in [5.74, 6) is 1.41. The van der Waals surface area contributed by atoms with Crippen molar-refractivity contribution in [2.45, 2.75) is 18.3 Å². The second kappa shape index (κ2) is 9.74. The summed E-state index contributed by atoms with van der Waals surface area (Å²) < 4.78 is 2.24. The Bertz CT molecular complexity index is 2700. The Hall–Kier alpha value is -6.06. The van der Waals surface area contributed by atoms with Crippen molar-refractivity contribution in [2.24, 2.45) is 5.92 Å². The number of aryl methyl sites for hydroxylation is 1. The second-order valence-corrected chi connectivity index (χ2v) is 13.8. The lowest BCUT2D eigenvalue weighted by Crippen LogP contribution is -2.33. The van der Waals surface area contributed by atoms with Crippen LogP contribution in [-0.4, -0.2) is 14.6 Å². The van der Waals surface area contributed by atoms with Gasteiger partial charge in [0.15, 0.2) is 11.5 Å². The molecule has 0 amide bonds. The lowest BCUT2D eigenvalue weighted by atomic mass is 9.65. The fraction of sp³-hybridized carbons (Fsp3) is 0.0870. The predicted octanol–water partition coefficient (Wildman–Crippen LogP) is 10.7. The van der Waals surface area contributed by atoms with E-state index in [0.29, 0.717) is 5.92 Å². The molecular weight excluding hydrogens is 595 g/mol. The van der Waals surface area contributed by atoms with Gasteiger partial charge in [-0.1, -0.05) is 151 Å². The number of nitrogens with zero attached hydrogens (tertiary/aromatic N) is 3. The Morgan fingerprint density at radius 3 is 2.02 bits per heavy atom. The van der Waals surface area contributed by atoms with Crippen molar-refractivity contribution in [2.75, 3.05) is 0 Å². The van der Waals surface area contributed by atoms with Gasteiger partial charge in [0.2, 0.25) is 0 Å². The first-order chi connectivity index (χ1) is 24.2. The average Bonchev–Trinajstić information content (AvgIpc) is 3.83. The van der Waals surface area contributed by atoms with Crippen LogP contribution in [0.5, 0.6) is 0 Å². The third-order valence-corrected chi connectivity index (χ3v) is 11.5. The Morgan fingerprint density at radius 1 is 0.592 bits per heavy atom. The lowest BCUT2D eigenvalue weighted by molar-refractivity contribution is 0.467. The normalized spacial score (nSPS) is 18.1. The minimum atomic E-state index is -0.244. The zero-order chi connectivity index (χ0) is 32.3. The van der Waals surface area contributed by atoms with Gasteiger partial charge < -0.3 is 0 Å². The summed E-state index contributed by atoms with van der Waals surface area (Å²) in [6.07, 6.45) is 7.42. The van der Waals surface area contributed by atoms with E-state index in [2.05, 4.69) is 169 Å². The van der Waals surface area contributed by atoms with Gasteiger partial charge in [-0.15, -0.1) is 10.2 Å². The molecular formula is C46H31N3. The molecule has 0 fully saturated rings. The summed E-state index contributed by atoms with van der Waals surface area (Å²) in [4.78, 5) is 0. The topological polar surface area (TPSA) is 30.2 Å². The molecule has 3 heteroatoms. The smallest absolute Gasteiger partial charge is 0.169 e. The summed E-state index contributed by atoms with van der Waals surface area (Å²) in [7, 11) is 0. The number of allylic oxidation sites excluding steroid dienone is 4. The van der Waals surface area contributed by atoms with Gasteiger partial charge >= 0.3 is 0 Å². The van der Waals surface area contributed by atoms with Crippen LogP contribution in [0.1, 0.15) is 39.3 Å². The molecule has 6 aromatic carbocycles. The summed E-state index contributed by atoms with van der Waals surface area (Å²) in [6.45, 7) is 2.11. The van der Waals surface area contributed by atoms with Crippen LogP contribution in [0.4, 0.5) is 0 Å². The van der Waals surface area contributed by atoms with Crippen LogP contribution >= 0.6 is 0 Å². The molecule has 3 aliphatic carbocycles. The van der Waals surface area contributed by atoms with Crippen molar-refractivity contribution in [1.29, 1.82) is 0 Å². The number of fused-ring (bicyclic) bond motifs is 16. The van der Waals surface area contributed by atoms with Gasteiger partial charge in [-0.3, -0.25) is 4.40 Å². The predicted molar refractivity (Wildman–Crippen MR) is 200 cm³/mol. The zero-order valence-corrected chi connectivity index (χ0v) is 27.0. The molecule has 1 spiro atoms.